The largest absolute Gasteiger partial charge is 0.496 e. The second kappa shape index (κ2) is 4.17. The highest BCUT2D eigenvalue weighted by Gasteiger charge is 2.20. The van der Waals surface area contributed by atoms with Gasteiger partial charge in [0.1, 0.15) is 11.4 Å². The molecule has 0 atom stereocenters. The van der Waals surface area contributed by atoms with Crippen molar-refractivity contribution in [2.45, 2.75) is 5.09 Å². The van der Waals surface area contributed by atoms with Gasteiger partial charge in [-0.3, -0.25) is 0 Å². The molecule has 17 heavy (non-hydrogen) atoms. The number of aromatic nitrogens is 1. The molecule has 0 unspecified atom stereocenters. The van der Waals surface area contributed by atoms with Crippen LogP contribution in [0.3, 0.4) is 0 Å². The van der Waals surface area contributed by atoms with Crippen LogP contribution in [0.5, 0.6) is 5.75 Å². The number of hydrogen-bond acceptors (Lipinski definition) is 5. The zero-order chi connectivity index (χ0) is 12.5. The summed E-state index contributed by atoms with van der Waals surface area (Å²) < 4.78 is 43.3. The quantitative estimate of drug-likeness (QED) is 0.786. The first-order valence-corrected chi connectivity index (χ1v) is 5.95. The number of halogens is 1. The van der Waals surface area contributed by atoms with Crippen molar-refractivity contribution >= 4 is 10.2 Å². The van der Waals surface area contributed by atoms with E-state index in [0.29, 0.717) is 11.3 Å². The summed E-state index contributed by atoms with van der Waals surface area (Å²) >= 11 is 0. The highest BCUT2D eigenvalue weighted by Crippen LogP contribution is 2.30. The van der Waals surface area contributed by atoms with Crippen molar-refractivity contribution in [1.29, 1.82) is 0 Å². The van der Waals surface area contributed by atoms with Crippen LogP contribution in [0.4, 0.5) is 3.89 Å². The van der Waals surface area contributed by atoms with Crippen molar-refractivity contribution in [1.82, 2.24) is 5.16 Å². The number of para-hydroxylation sites is 1. The second-order valence-electron chi connectivity index (χ2n) is 3.17. The predicted octanol–water partition coefficient (Wildman–Crippen LogP) is 2.01. The zero-order valence-corrected chi connectivity index (χ0v) is 9.57. The Hall–Kier alpha value is -1.89. The van der Waals surface area contributed by atoms with Crippen LogP contribution in [0.15, 0.2) is 39.9 Å². The fourth-order valence-electron chi connectivity index (χ4n) is 1.36. The lowest BCUT2D eigenvalue weighted by atomic mass is 10.1. The Kier molecular flexibility index (Phi) is 2.84. The fraction of sp³-hybridized carbons (Fsp3) is 0.100. The zero-order valence-electron chi connectivity index (χ0n) is 8.75. The summed E-state index contributed by atoms with van der Waals surface area (Å²) in [6.45, 7) is 0. The first-order valence-electron chi connectivity index (χ1n) is 4.57. The minimum atomic E-state index is -4.88. The van der Waals surface area contributed by atoms with Crippen LogP contribution < -0.4 is 4.74 Å². The molecule has 90 valence electrons. The molecule has 0 N–H and O–H groups in total. The average Bonchev–Trinajstić information content (AvgIpc) is 2.77. The Morgan fingerprint density at radius 2 is 2.06 bits per heavy atom. The van der Waals surface area contributed by atoms with Gasteiger partial charge in [0.25, 0.3) is 5.09 Å². The van der Waals surface area contributed by atoms with E-state index in [0.717, 1.165) is 6.07 Å². The van der Waals surface area contributed by atoms with E-state index in [2.05, 4.69) is 9.68 Å². The van der Waals surface area contributed by atoms with Crippen LogP contribution >= 0.6 is 0 Å². The van der Waals surface area contributed by atoms with E-state index in [4.69, 9.17) is 4.74 Å². The number of benzene rings is 1. The van der Waals surface area contributed by atoms with E-state index < -0.39 is 15.3 Å². The van der Waals surface area contributed by atoms with Gasteiger partial charge in [-0.2, -0.15) is 8.42 Å². The van der Waals surface area contributed by atoms with E-state index in [1.165, 1.54) is 7.11 Å². The summed E-state index contributed by atoms with van der Waals surface area (Å²) in [4.78, 5) is 0. The molecule has 0 fully saturated rings. The van der Waals surface area contributed by atoms with Crippen molar-refractivity contribution < 1.29 is 21.6 Å². The molecule has 0 saturated carbocycles. The van der Waals surface area contributed by atoms with Gasteiger partial charge in [0.05, 0.1) is 7.11 Å². The summed E-state index contributed by atoms with van der Waals surface area (Å²) in [6.07, 6.45) is 0. The van der Waals surface area contributed by atoms with Crippen molar-refractivity contribution in [2.75, 3.05) is 7.11 Å². The van der Waals surface area contributed by atoms with E-state index >= 15 is 0 Å². The fourth-order valence-corrected chi connectivity index (χ4v) is 1.74. The molecule has 0 saturated heterocycles. The number of methoxy groups -OCH3 is 1. The third kappa shape index (κ3) is 2.28. The van der Waals surface area contributed by atoms with Gasteiger partial charge in [-0.25, -0.2) is 0 Å². The first-order chi connectivity index (χ1) is 8.02. The van der Waals surface area contributed by atoms with Crippen molar-refractivity contribution in [3.05, 3.63) is 30.3 Å². The Balaban J connectivity index is 2.51. The van der Waals surface area contributed by atoms with Gasteiger partial charge in [0.15, 0.2) is 0 Å². The maximum atomic E-state index is 12.6. The topological polar surface area (TPSA) is 69.4 Å². The molecule has 0 aliphatic rings. The van der Waals surface area contributed by atoms with Crippen molar-refractivity contribution in [3.8, 4) is 17.0 Å². The van der Waals surface area contributed by atoms with Crippen LogP contribution in [0.1, 0.15) is 0 Å². The molecule has 0 spiro atoms. The van der Waals surface area contributed by atoms with Gasteiger partial charge < -0.3 is 9.26 Å². The smallest absolute Gasteiger partial charge is 0.368 e. The standard InChI is InChI=1S/C10H8FNO4S/c1-15-9-5-3-2-4-7(9)8-6-10(16-12-8)17(11,13)14/h2-6H,1H3. The Morgan fingerprint density at radius 3 is 2.65 bits per heavy atom. The molecular weight excluding hydrogens is 249 g/mol. The summed E-state index contributed by atoms with van der Waals surface area (Å²) in [7, 11) is -3.42. The van der Waals surface area contributed by atoms with Crippen molar-refractivity contribution in [3.63, 3.8) is 0 Å². The van der Waals surface area contributed by atoms with Crippen LogP contribution in [0, 0.1) is 0 Å². The molecule has 2 rings (SSSR count). The molecule has 1 aromatic heterocycles. The summed E-state index contributed by atoms with van der Waals surface area (Å²) in [5.41, 5.74) is 0.715. The summed E-state index contributed by atoms with van der Waals surface area (Å²) in [5, 5.41) is 2.67. The van der Waals surface area contributed by atoms with Gasteiger partial charge in [-0.05, 0) is 12.1 Å². The number of ether oxygens (including phenoxy) is 1. The van der Waals surface area contributed by atoms with Gasteiger partial charge >= 0.3 is 10.2 Å². The maximum absolute atomic E-state index is 12.6. The lowest BCUT2D eigenvalue weighted by Gasteiger charge is -2.03. The van der Waals surface area contributed by atoms with Crippen LogP contribution in [-0.4, -0.2) is 20.7 Å². The SMILES string of the molecule is COc1ccccc1-c1cc(S(=O)(=O)F)on1. The number of rotatable bonds is 3. The van der Waals surface area contributed by atoms with E-state index in [1.807, 2.05) is 0 Å². The summed E-state index contributed by atoms with van der Waals surface area (Å²) in [6, 6.07) is 7.80. The molecule has 0 bridgehead atoms. The summed E-state index contributed by atoms with van der Waals surface area (Å²) in [5.74, 6) is 0.489. The average molecular weight is 257 g/mol. The highest BCUT2D eigenvalue weighted by molar-refractivity contribution is 7.86. The van der Waals surface area contributed by atoms with Crippen LogP contribution in [0.25, 0.3) is 11.3 Å². The van der Waals surface area contributed by atoms with Gasteiger partial charge in [-0.1, -0.05) is 21.2 Å². The van der Waals surface area contributed by atoms with E-state index in [-0.39, 0.29) is 5.69 Å². The molecular formula is C10H8FNO4S. The van der Waals surface area contributed by atoms with Gasteiger partial charge in [-0.15, -0.1) is 0 Å². The maximum Gasteiger partial charge on any atom is 0.368 e. The third-order valence-corrected chi connectivity index (χ3v) is 2.78. The van der Waals surface area contributed by atoms with Gasteiger partial charge in [0.2, 0.25) is 0 Å². The lowest BCUT2D eigenvalue weighted by Crippen LogP contribution is -1.88. The monoisotopic (exact) mass is 257 g/mol. The molecule has 0 aliphatic carbocycles. The lowest BCUT2D eigenvalue weighted by molar-refractivity contribution is 0.334. The Morgan fingerprint density at radius 1 is 1.35 bits per heavy atom. The molecule has 0 aliphatic heterocycles. The van der Waals surface area contributed by atoms with E-state index in [1.54, 1.807) is 24.3 Å². The van der Waals surface area contributed by atoms with Gasteiger partial charge in [0, 0.05) is 11.6 Å². The number of nitrogens with zero attached hydrogens (tertiary/aromatic N) is 1. The predicted molar refractivity (Wildman–Crippen MR) is 56.8 cm³/mol. The minimum Gasteiger partial charge on any atom is -0.496 e. The second-order valence-corrected chi connectivity index (χ2v) is 4.45. The van der Waals surface area contributed by atoms with E-state index in [9.17, 15) is 12.3 Å². The highest BCUT2D eigenvalue weighted by atomic mass is 32.3. The molecule has 0 radical (unpaired) electrons. The molecule has 5 nitrogen and oxygen atoms in total. The normalized spacial score (nSPS) is 11.4. The third-order valence-electron chi connectivity index (χ3n) is 2.11. The molecule has 1 aromatic carbocycles. The minimum absolute atomic E-state index is 0.193. The van der Waals surface area contributed by atoms with Crippen LogP contribution in [-0.2, 0) is 10.2 Å². The van der Waals surface area contributed by atoms with Crippen LogP contribution in [0.2, 0.25) is 0 Å². The Labute approximate surface area is 97.0 Å². The molecule has 1 heterocycles. The Bertz CT molecular complexity index is 635. The van der Waals surface area contributed by atoms with Crippen molar-refractivity contribution in [2.24, 2.45) is 0 Å². The molecule has 2 aromatic rings. The first kappa shape index (κ1) is 11.6. The molecule has 0 amide bonds. The molecule has 7 heteroatoms. The number of hydrogen-bond donors (Lipinski definition) is 0.